The van der Waals surface area contributed by atoms with E-state index in [9.17, 15) is 24.6 Å². The zero-order chi connectivity index (χ0) is 19.9. The van der Waals surface area contributed by atoms with Crippen molar-refractivity contribution in [1.82, 2.24) is 0 Å². The molecule has 1 saturated heterocycles. The molecule has 1 heterocycles. The topological polar surface area (TPSA) is 248 Å². The van der Waals surface area contributed by atoms with Crippen LogP contribution in [0, 0.1) is 0 Å². The molecular weight excluding hydrogens is 350 g/mol. The van der Waals surface area contributed by atoms with E-state index in [0.29, 0.717) is 0 Å². The van der Waals surface area contributed by atoms with Crippen LogP contribution in [0.25, 0.3) is 0 Å². The summed E-state index contributed by atoms with van der Waals surface area (Å²) in [6, 6.07) is -1.04. The molecule has 1 unspecified atom stereocenters. The first kappa shape index (κ1) is 23.1. The van der Waals surface area contributed by atoms with Gasteiger partial charge >= 0.3 is 17.9 Å². The summed E-state index contributed by atoms with van der Waals surface area (Å²) in [6.45, 7) is -0.470. The van der Waals surface area contributed by atoms with Gasteiger partial charge in [0.15, 0.2) is 11.9 Å². The second-order valence-electron chi connectivity index (χ2n) is 5.28. The van der Waals surface area contributed by atoms with Crippen LogP contribution in [0.15, 0.2) is 0 Å². The van der Waals surface area contributed by atoms with Crippen molar-refractivity contribution in [3.8, 4) is 0 Å². The highest BCUT2D eigenvalue weighted by atomic mass is 16.6. The van der Waals surface area contributed by atoms with Crippen LogP contribution in [0.1, 0.15) is 12.8 Å². The Labute approximate surface area is 140 Å². The molecule has 146 valence electrons. The molecule has 1 aliphatic heterocycles. The van der Waals surface area contributed by atoms with Crippen molar-refractivity contribution >= 4 is 17.9 Å². The number of aliphatic carboxylic acids is 3. The first-order chi connectivity index (χ1) is 11.4. The predicted octanol–water partition coefficient (Wildman–Crippen LogP) is -4.50. The van der Waals surface area contributed by atoms with Crippen LogP contribution < -0.4 is 5.73 Å². The molecule has 0 spiro atoms. The highest BCUT2D eigenvalue weighted by Gasteiger charge is 2.42. The van der Waals surface area contributed by atoms with E-state index in [1.54, 1.807) is 0 Å². The van der Waals surface area contributed by atoms with E-state index in [1.165, 1.54) is 0 Å². The summed E-state index contributed by atoms with van der Waals surface area (Å²) in [6.07, 6.45) is -7.14. The molecule has 0 bridgehead atoms. The Morgan fingerprint density at radius 2 is 1.40 bits per heavy atom. The lowest BCUT2D eigenvalue weighted by Gasteiger charge is -2.38. The zero-order valence-corrected chi connectivity index (χ0v) is 12.8. The van der Waals surface area contributed by atoms with Gasteiger partial charge in [0, 0.05) is 0 Å². The van der Waals surface area contributed by atoms with E-state index in [1.807, 2.05) is 0 Å². The van der Waals surface area contributed by atoms with E-state index in [2.05, 4.69) is 0 Å². The SMILES string of the molecule is N[C@H]1C(O)O[C@H](CO)[C@@H](O)[C@@H]1O.O=C(O)CC(O)(CC(=O)O)C(=O)O. The molecule has 0 aromatic carbocycles. The summed E-state index contributed by atoms with van der Waals surface area (Å²) in [5.41, 5.74) is 2.52. The average Bonchev–Trinajstić information content (AvgIpc) is 2.47. The van der Waals surface area contributed by atoms with E-state index >= 15 is 0 Å². The maximum absolute atomic E-state index is 10.3. The lowest BCUT2D eigenvalue weighted by Crippen LogP contribution is -2.61. The molecule has 0 aromatic rings. The van der Waals surface area contributed by atoms with Gasteiger partial charge in [0.2, 0.25) is 0 Å². The largest absolute Gasteiger partial charge is 0.481 e. The zero-order valence-electron chi connectivity index (χ0n) is 12.8. The fraction of sp³-hybridized carbons (Fsp3) is 0.750. The van der Waals surface area contributed by atoms with Crippen molar-refractivity contribution in [3.63, 3.8) is 0 Å². The molecular formula is C12H21NO12. The van der Waals surface area contributed by atoms with Gasteiger partial charge in [-0.1, -0.05) is 0 Å². The quantitative estimate of drug-likeness (QED) is 0.214. The standard InChI is InChI=1S/C6H13NO5.C6H8O7/c7-3-5(10)4(9)2(1-8)12-6(3)11;7-3(8)1-6(13,5(11)12)2-4(9)10/h2-6,8-11H,1,7H2;13H,1-2H2,(H,7,8)(H,9,10)(H,11,12)/t2-,3-,4-,5-,6?;/m1./s1. The monoisotopic (exact) mass is 371 g/mol. The van der Waals surface area contributed by atoms with E-state index < -0.39 is 73.6 Å². The number of ether oxygens (including phenoxy) is 1. The van der Waals surface area contributed by atoms with Crippen LogP contribution in [-0.2, 0) is 19.1 Å². The number of hydrogen-bond donors (Lipinski definition) is 9. The minimum Gasteiger partial charge on any atom is -0.481 e. The molecule has 25 heavy (non-hydrogen) atoms. The number of hydrogen-bond acceptors (Lipinski definition) is 10. The maximum Gasteiger partial charge on any atom is 0.336 e. The smallest absolute Gasteiger partial charge is 0.336 e. The highest BCUT2D eigenvalue weighted by Crippen LogP contribution is 2.18. The summed E-state index contributed by atoms with van der Waals surface area (Å²) in [5, 5.41) is 69.9. The number of aliphatic hydroxyl groups excluding tert-OH is 4. The van der Waals surface area contributed by atoms with E-state index in [-0.39, 0.29) is 0 Å². The molecule has 1 aliphatic rings. The van der Waals surface area contributed by atoms with Crippen LogP contribution in [0.5, 0.6) is 0 Å². The Morgan fingerprint density at radius 1 is 0.960 bits per heavy atom. The summed E-state index contributed by atoms with van der Waals surface area (Å²) >= 11 is 0. The van der Waals surface area contributed by atoms with Gasteiger partial charge in [-0.05, 0) is 0 Å². The number of carboxylic acids is 3. The predicted molar refractivity (Wildman–Crippen MR) is 75.0 cm³/mol. The van der Waals surface area contributed by atoms with Crippen LogP contribution in [0.2, 0.25) is 0 Å². The normalized spacial score (nSPS) is 29.3. The van der Waals surface area contributed by atoms with Gasteiger partial charge in [-0.15, -0.1) is 0 Å². The van der Waals surface area contributed by atoms with Gasteiger partial charge < -0.3 is 51.3 Å². The van der Waals surface area contributed by atoms with Crippen molar-refractivity contribution in [2.75, 3.05) is 6.61 Å². The van der Waals surface area contributed by atoms with Gasteiger partial charge in [0.25, 0.3) is 0 Å². The molecule has 0 saturated carbocycles. The van der Waals surface area contributed by atoms with Crippen molar-refractivity contribution < 1.29 is 60.0 Å². The number of aliphatic hydroxyl groups is 5. The molecule has 0 aromatic heterocycles. The lowest BCUT2D eigenvalue weighted by atomic mass is 9.96. The van der Waals surface area contributed by atoms with Gasteiger partial charge in [0.05, 0.1) is 25.5 Å². The Morgan fingerprint density at radius 3 is 1.72 bits per heavy atom. The summed E-state index contributed by atoms with van der Waals surface area (Å²) < 4.78 is 4.70. The number of rotatable bonds is 6. The van der Waals surface area contributed by atoms with Crippen molar-refractivity contribution in [2.24, 2.45) is 5.73 Å². The Kier molecular flexibility index (Phi) is 8.86. The molecule has 13 heteroatoms. The van der Waals surface area contributed by atoms with Gasteiger partial charge in [-0.3, -0.25) is 9.59 Å². The molecule has 0 amide bonds. The maximum atomic E-state index is 10.3. The number of carboxylic acid groups (broad SMARTS) is 3. The molecule has 1 fully saturated rings. The molecule has 5 atom stereocenters. The van der Waals surface area contributed by atoms with E-state index in [4.69, 9.17) is 41.1 Å². The fourth-order valence-electron chi connectivity index (χ4n) is 1.83. The first-order valence-corrected chi connectivity index (χ1v) is 6.81. The second-order valence-corrected chi connectivity index (χ2v) is 5.28. The molecule has 0 radical (unpaired) electrons. The third-order valence-corrected chi connectivity index (χ3v) is 3.23. The summed E-state index contributed by atoms with van der Waals surface area (Å²) in [5.74, 6) is -5.02. The minimum absolute atomic E-state index is 0.470. The first-order valence-electron chi connectivity index (χ1n) is 6.81. The second kappa shape index (κ2) is 9.57. The molecule has 0 aliphatic carbocycles. The Hall–Kier alpha value is -1.87. The number of nitrogens with two attached hydrogens (primary N) is 1. The molecule has 10 N–H and O–H groups in total. The third kappa shape index (κ3) is 6.87. The summed E-state index contributed by atoms with van der Waals surface area (Å²) in [7, 11) is 0. The van der Waals surface area contributed by atoms with Gasteiger partial charge in [-0.25, -0.2) is 4.79 Å². The van der Waals surface area contributed by atoms with Crippen LogP contribution in [0.3, 0.4) is 0 Å². The fourth-order valence-corrected chi connectivity index (χ4v) is 1.83. The lowest BCUT2D eigenvalue weighted by molar-refractivity contribution is -0.248. The van der Waals surface area contributed by atoms with Crippen molar-refractivity contribution in [1.29, 1.82) is 0 Å². The van der Waals surface area contributed by atoms with Gasteiger partial charge in [-0.2, -0.15) is 0 Å². The minimum atomic E-state index is -2.74. The van der Waals surface area contributed by atoms with Crippen molar-refractivity contribution in [3.05, 3.63) is 0 Å². The van der Waals surface area contributed by atoms with Crippen LogP contribution in [0.4, 0.5) is 0 Å². The Bertz CT molecular complexity index is 462. The third-order valence-electron chi connectivity index (χ3n) is 3.23. The van der Waals surface area contributed by atoms with Gasteiger partial charge in [0.1, 0.15) is 18.3 Å². The number of carbonyl (C=O) groups is 3. The molecule has 13 nitrogen and oxygen atoms in total. The average molecular weight is 371 g/mol. The van der Waals surface area contributed by atoms with E-state index in [0.717, 1.165) is 0 Å². The molecule has 1 rings (SSSR count). The Balaban J connectivity index is 0.000000462. The highest BCUT2D eigenvalue weighted by molar-refractivity contribution is 5.88. The van der Waals surface area contributed by atoms with Crippen molar-refractivity contribution in [2.45, 2.75) is 49.1 Å². The van der Waals surface area contributed by atoms with Crippen LogP contribution >= 0.6 is 0 Å². The summed E-state index contributed by atoms with van der Waals surface area (Å²) in [4.78, 5) is 30.5. The van der Waals surface area contributed by atoms with Crippen LogP contribution in [-0.4, -0.2) is 102 Å².